The van der Waals surface area contributed by atoms with E-state index in [1.54, 1.807) is 12.1 Å². The summed E-state index contributed by atoms with van der Waals surface area (Å²) < 4.78 is 34.1. The molecule has 3 N–H and O–H groups in total. The van der Waals surface area contributed by atoms with Crippen LogP contribution in [0.2, 0.25) is 0 Å². The first-order valence-electron chi connectivity index (χ1n) is 10.3. The number of rotatable bonds is 5. The van der Waals surface area contributed by atoms with Gasteiger partial charge in [0, 0.05) is 48.2 Å². The molecule has 9 heteroatoms. The summed E-state index contributed by atoms with van der Waals surface area (Å²) in [5.74, 6) is -1.69. The van der Waals surface area contributed by atoms with Crippen molar-refractivity contribution in [1.29, 1.82) is 0 Å². The number of hydrogen-bond donors (Lipinski definition) is 2. The third-order valence-electron chi connectivity index (χ3n) is 6.06. The van der Waals surface area contributed by atoms with Crippen LogP contribution in [0.1, 0.15) is 16.9 Å². The van der Waals surface area contributed by atoms with E-state index in [0.717, 1.165) is 25.2 Å². The average Bonchev–Trinajstić information content (AvgIpc) is 3.42. The minimum Gasteiger partial charge on any atom is -0.496 e. The molecule has 2 aromatic carbocycles. The lowest BCUT2D eigenvalue weighted by atomic mass is 10.0. The Morgan fingerprint density at radius 3 is 2.78 bits per heavy atom. The van der Waals surface area contributed by atoms with E-state index in [9.17, 15) is 13.6 Å². The Kier molecular flexibility index (Phi) is 4.97. The van der Waals surface area contributed by atoms with Gasteiger partial charge in [0.25, 0.3) is 5.91 Å². The van der Waals surface area contributed by atoms with Crippen LogP contribution in [-0.2, 0) is 0 Å². The lowest BCUT2D eigenvalue weighted by molar-refractivity contribution is 0.0996. The predicted octanol–water partition coefficient (Wildman–Crippen LogP) is 2.75. The van der Waals surface area contributed by atoms with Crippen molar-refractivity contribution >= 4 is 11.6 Å². The molecule has 3 aromatic rings. The second kappa shape index (κ2) is 7.83. The number of aromatic nitrogens is 2. The smallest absolute Gasteiger partial charge is 0.268 e. The molecule has 2 fully saturated rings. The number of piperazine rings is 1. The Hall–Kier alpha value is -3.59. The van der Waals surface area contributed by atoms with E-state index < -0.39 is 17.5 Å². The second-order valence-electron chi connectivity index (χ2n) is 7.95. The Bertz CT molecular complexity index is 1220. The second-order valence-corrected chi connectivity index (χ2v) is 7.95. The highest BCUT2D eigenvalue weighted by atomic mass is 19.1. The van der Waals surface area contributed by atoms with Crippen LogP contribution in [0.4, 0.5) is 14.5 Å². The molecule has 3 heterocycles. The van der Waals surface area contributed by atoms with Crippen molar-refractivity contribution in [3.63, 3.8) is 0 Å². The zero-order valence-electron chi connectivity index (χ0n) is 17.3. The molecule has 0 radical (unpaired) electrons. The van der Waals surface area contributed by atoms with Gasteiger partial charge < -0.3 is 20.7 Å². The van der Waals surface area contributed by atoms with Gasteiger partial charge in [-0.25, -0.2) is 18.7 Å². The molecule has 32 heavy (non-hydrogen) atoms. The number of halogens is 2. The molecule has 1 aromatic heterocycles. The summed E-state index contributed by atoms with van der Waals surface area (Å²) in [6.45, 7) is 1.62. The first kappa shape index (κ1) is 20.3. The topological polar surface area (TPSA) is 93.4 Å². The molecule has 2 aliphatic heterocycles. The minimum absolute atomic E-state index is 0.0199. The maximum atomic E-state index is 14.5. The SMILES string of the molecule is COc1cccc(F)c1-c1ncc(-c2cc(F)ccc2N2C[C@H]3C[C@@H]2CN3)c(C(N)=O)n1. The number of carbonyl (C=O) groups is 1. The van der Waals surface area contributed by atoms with Crippen molar-refractivity contribution in [2.45, 2.75) is 18.5 Å². The van der Waals surface area contributed by atoms with E-state index in [1.807, 2.05) is 0 Å². The number of benzene rings is 2. The number of hydrogen-bond acceptors (Lipinski definition) is 6. The van der Waals surface area contributed by atoms with Gasteiger partial charge in [0.15, 0.2) is 5.82 Å². The van der Waals surface area contributed by atoms with Crippen LogP contribution >= 0.6 is 0 Å². The van der Waals surface area contributed by atoms with Gasteiger partial charge in [0.2, 0.25) is 0 Å². The molecule has 0 aliphatic carbocycles. The van der Waals surface area contributed by atoms with Crippen molar-refractivity contribution in [3.05, 3.63) is 59.9 Å². The molecule has 7 nitrogen and oxygen atoms in total. The Morgan fingerprint density at radius 1 is 1.25 bits per heavy atom. The summed E-state index contributed by atoms with van der Waals surface area (Å²) >= 11 is 0. The van der Waals surface area contributed by atoms with Gasteiger partial charge in [0.1, 0.15) is 23.1 Å². The number of nitrogens with one attached hydrogen (secondary N) is 1. The first-order chi connectivity index (χ1) is 15.5. The third-order valence-corrected chi connectivity index (χ3v) is 6.06. The molecule has 5 rings (SSSR count). The maximum Gasteiger partial charge on any atom is 0.268 e. The fraction of sp³-hybridized carbons (Fsp3) is 0.261. The monoisotopic (exact) mass is 437 g/mol. The molecule has 2 atom stereocenters. The van der Waals surface area contributed by atoms with Crippen molar-refractivity contribution in [3.8, 4) is 28.3 Å². The van der Waals surface area contributed by atoms with Crippen LogP contribution in [0.25, 0.3) is 22.5 Å². The van der Waals surface area contributed by atoms with Crippen LogP contribution in [-0.4, -0.2) is 48.2 Å². The van der Waals surface area contributed by atoms with Gasteiger partial charge in [-0.2, -0.15) is 0 Å². The number of primary amides is 1. The fourth-order valence-electron chi connectivity index (χ4n) is 4.61. The van der Waals surface area contributed by atoms with Crippen LogP contribution < -0.4 is 20.7 Å². The molecule has 2 bridgehead atoms. The number of amides is 1. The van der Waals surface area contributed by atoms with E-state index in [1.165, 1.54) is 37.6 Å². The Morgan fingerprint density at radius 2 is 2.09 bits per heavy atom. The molecule has 164 valence electrons. The van der Waals surface area contributed by atoms with Crippen LogP contribution in [0, 0.1) is 11.6 Å². The quantitative estimate of drug-likeness (QED) is 0.638. The molecule has 0 unspecified atom stereocenters. The number of nitrogens with zero attached hydrogens (tertiary/aromatic N) is 3. The number of carbonyl (C=O) groups excluding carboxylic acids is 1. The summed E-state index contributed by atoms with van der Waals surface area (Å²) in [4.78, 5) is 23.1. The number of nitrogens with two attached hydrogens (primary N) is 1. The molecular weight excluding hydrogens is 416 g/mol. The highest BCUT2D eigenvalue weighted by molar-refractivity contribution is 6.00. The standard InChI is InChI=1S/C23H21F2N5O2/c1-32-19-4-2-3-17(25)20(19)23-28-10-16(21(29-23)22(26)31)15-7-12(24)5-6-18(15)30-11-13-8-14(30)9-27-13/h2-7,10,13-14,27H,8-9,11H2,1H3,(H2,26,31)/t13-,14-/m1/s1. The highest BCUT2D eigenvalue weighted by Crippen LogP contribution is 2.39. The van der Waals surface area contributed by atoms with Crippen molar-refractivity contribution in [1.82, 2.24) is 15.3 Å². The van der Waals surface area contributed by atoms with E-state index in [-0.39, 0.29) is 28.9 Å². The van der Waals surface area contributed by atoms with Crippen molar-refractivity contribution in [2.24, 2.45) is 5.73 Å². The van der Waals surface area contributed by atoms with E-state index >= 15 is 0 Å². The number of ether oxygens (including phenoxy) is 1. The lowest BCUT2D eigenvalue weighted by Crippen LogP contribution is -2.43. The van der Waals surface area contributed by atoms with Crippen LogP contribution in [0.15, 0.2) is 42.6 Å². The minimum atomic E-state index is -0.821. The van der Waals surface area contributed by atoms with Gasteiger partial charge in [-0.3, -0.25) is 4.79 Å². The molecule has 1 amide bonds. The molecule has 0 saturated carbocycles. The zero-order chi connectivity index (χ0) is 22.4. The third kappa shape index (κ3) is 3.34. The summed E-state index contributed by atoms with van der Waals surface area (Å²) in [5.41, 5.74) is 7.09. The summed E-state index contributed by atoms with van der Waals surface area (Å²) in [6, 6.07) is 9.42. The largest absolute Gasteiger partial charge is 0.496 e. The average molecular weight is 437 g/mol. The highest BCUT2D eigenvalue weighted by Gasteiger charge is 2.38. The van der Waals surface area contributed by atoms with E-state index in [0.29, 0.717) is 17.2 Å². The normalized spacial score (nSPS) is 19.4. The number of fused-ring (bicyclic) bond motifs is 2. The van der Waals surface area contributed by atoms with Gasteiger partial charge in [-0.1, -0.05) is 6.07 Å². The van der Waals surface area contributed by atoms with Crippen LogP contribution in [0.3, 0.4) is 0 Å². The first-order valence-corrected chi connectivity index (χ1v) is 10.3. The van der Waals surface area contributed by atoms with Gasteiger partial charge >= 0.3 is 0 Å². The summed E-state index contributed by atoms with van der Waals surface area (Å²) in [7, 11) is 1.40. The van der Waals surface area contributed by atoms with Gasteiger partial charge in [-0.15, -0.1) is 0 Å². The van der Waals surface area contributed by atoms with Gasteiger partial charge in [0.05, 0.1) is 12.7 Å². The summed E-state index contributed by atoms with van der Waals surface area (Å²) in [5, 5.41) is 3.44. The molecular formula is C23H21F2N5O2. The van der Waals surface area contributed by atoms with E-state index in [4.69, 9.17) is 10.5 Å². The van der Waals surface area contributed by atoms with Crippen molar-refractivity contribution < 1.29 is 18.3 Å². The Balaban J connectivity index is 1.66. The Labute approximate surface area is 183 Å². The van der Waals surface area contributed by atoms with E-state index in [2.05, 4.69) is 20.2 Å². The number of anilines is 1. The van der Waals surface area contributed by atoms with Crippen molar-refractivity contribution in [2.75, 3.05) is 25.1 Å². The molecule has 2 aliphatic rings. The lowest BCUT2D eigenvalue weighted by Gasteiger charge is -2.31. The summed E-state index contributed by atoms with van der Waals surface area (Å²) in [6.07, 6.45) is 2.39. The number of methoxy groups -OCH3 is 1. The van der Waals surface area contributed by atoms with Gasteiger partial charge in [-0.05, 0) is 36.8 Å². The zero-order valence-corrected chi connectivity index (χ0v) is 17.3. The predicted molar refractivity (Wildman–Crippen MR) is 115 cm³/mol. The van der Waals surface area contributed by atoms with Crippen LogP contribution in [0.5, 0.6) is 5.75 Å². The molecule has 0 spiro atoms. The maximum absolute atomic E-state index is 14.5. The molecule has 2 saturated heterocycles. The fourth-order valence-corrected chi connectivity index (χ4v) is 4.61.